The quantitative estimate of drug-likeness (QED) is 0.877. The number of amides is 1. The minimum Gasteiger partial charge on any atom is -0.497 e. The highest BCUT2D eigenvalue weighted by Gasteiger charge is 2.18. The van der Waals surface area contributed by atoms with E-state index < -0.39 is 0 Å². The van der Waals surface area contributed by atoms with Gasteiger partial charge in [0, 0.05) is 12.7 Å². The third-order valence-electron chi connectivity index (χ3n) is 3.28. The molecule has 110 valence electrons. The molecule has 2 aromatic rings. The van der Waals surface area contributed by atoms with Gasteiger partial charge >= 0.3 is 0 Å². The van der Waals surface area contributed by atoms with Crippen molar-refractivity contribution in [3.8, 4) is 11.5 Å². The van der Waals surface area contributed by atoms with Crippen LogP contribution in [0.2, 0.25) is 0 Å². The number of nitrogen functional groups attached to an aromatic ring is 1. The molecule has 5 heteroatoms. The average molecular weight is 286 g/mol. The highest BCUT2D eigenvalue weighted by atomic mass is 16.5. The average Bonchev–Trinajstić information content (AvgIpc) is 2.54. The summed E-state index contributed by atoms with van der Waals surface area (Å²) in [7, 11) is 4.82. The number of benzene rings is 2. The molecule has 0 radical (unpaired) electrons. The van der Waals surface area contributed by atoms with E-state index in [1.54, 1.807) is 44.5 Å². The Kier molecular flexibility index (Phi) is 4.33. The fraction of sp³-hybridized carbons (Fsp3) is 0.188. The largest absolute Gasteiger partial charge is 0.497 e. The van der Waals surface area contributed by atoms with Crippen molar-refractivity contribution in [1.82, 2.24) is 0 Å². The first-order chi connectivity index (χ1) is 10.1. The zero-order valence-corrected chi connectivity index (χ0v) is 12.3. The number of hydrogen-bond donors (Lipinski definition) is 1. The number of anilines is 2. The Morgan fingerprint density at radius 3 is 2.29 bits per heavy atom. The van der Waals surface area contributed by atoms with E-state index in [4.69, 9.17) is 15.2 Å². The summed E-state index contributed by atoms with van der Waals surface area (Å²) < 4.78 is 10.2. The second-order valence-corrected chi connectivity index (χ2v) is 4.48. The fourth-order valence-corrected chi connectivity index (χ4v) is 2.01. The van der Waals surface area contributed by atoms with Crippen molar-refractivity contribution in [2.75, 3.05) is 31.9 Å². The van der Waals surface area contributed by atoms with Crippen molar-refractivity contribution in [3.05, 3.63) is 48.0 Å². The van der Waals surface area contributed by atoms with Gasteiger partial charge in [0.05, 0.1) is 25.5 Å². The normalized spacial score (nSPS) is 10.0. The van der Waals surface area contributed by atoms with Crippen molar-refractivity contribution in [2.45, 2.75) is 0 Å². The van der Waals surface area contributed by atoms with Gasteiger partial charge in [-0.3, -0.25) is 4.79 Å². The number of methoxy groups -OCH3 is 2. The van der Waals surface area contributed by atoms with E-state index in [-0.39, 0.29) is 5.91 Å². The number of hydrogen-bond acceptors (Lipinski definition) is 4. The molecule has 0 bridgehead atoms. The summed E-state index contributed by atoms with van der Waals surface area (Å²) in [6.45, 7) is 0. The first kappa shape index (κ1) is 14.7. The molecular formula is C16H18N2O3. The molecule has 0 spiro atoms. The molecule has 2 N–H and O–H groups in total. The van der Waals surface area contributed by atoms with Gasteiger partial charge in [0.15, 0.2) is 0 Å². The molecule has 0 unspecified atom stereocenters. The standard InChI is InChI=1S/C16H18N2O3/c1-18(11-7-9-12(20-2)10-8-11)16(19)13-5-4-6-14(21-3)15(13)17/h4-10H,17H2,1-3H3. The van der Waals surface area contributed by atoms with Crippen LogP contribution in [0.1, 0.15) is 10.4 Å². The fourth-order valence-electron chi connectivity index (χ4n) is 2.01. The summed E-state index contributed by atoms with van der Waals surface area (Å²) >= 11 is 0. The number of ether oxygens (including phenoxy) is 2. The van der Waals surface area contributed by atoms with Gasteiger partial charge < -0.3 is 20.1 Å². The van der Waals surface area contributed by atoms with Crippen LogP contribution in [0, 0.1) is 0 Å². The molecule has 21 heavy (non-hydrogen) atoms. The summed E-state index contributed by atoms with van der Waals surface area (Å²) in [5.41, 5.74) is 7.46. The first-order valence-electron chi connectivity index (χ1n) is 6.43. The van der Waals surface area contributed by atoms with Gasteiger partial charge in [-0.15, -0.1) is 0 Å². The molecule has 0 aliphatic carbocycles. The molecular weight excluding hydrogens is 268 g/mol. The molecule has 0 heterocycles. The molecule has 0 atom stereocenters. The molecule has 0 saturated heterocycles. The number of carbonyl (C=O) groups excluding carboxylic acids is 1. The van der Waals surface area contributed by atoms with E-state index in [1.807, 2.05) is 12.1 Å². The Balaban J connectivity index is 2.30. The third-order valence-corrected chi connectivity index (χ3v) is 3.28. The zero-order chi connectivity index (χ0) is 15.4. The van der Waals surface area contributed by atoms with Crippen LogP contribution in [0.3, 0.4) is 0 Å². The van der Waals surface area contributed by atoms with Crippen LogP contribution in [-0.2, 0) is 0 Å². The molecule has 0 saturated carbocycles. The van der Waals surface area contributed by atoms with Crippen LogP contribution in [0.15, 0.2) is 42.5 Å². The molecule has 2 aromatic carbocycles. The van der Waals surface area contributed by atoms with Crippen molar-refractivity contribution in [2.24, 2.45) is 0 Å². The van der Waals surface area contributed by atoms with E-state index in [9.17, 15) is 4.79 Å². The smallest absolute Gasteiger partial charge is 0.260 e. The van der Waals surface area contributed by atoms with Crippen LogP contribution in [0.4, 0.5) is 11.4 Å². The minimum absolute atomic E-state index is 0.198. The molecule has 0 aromatic heterocycles. The molecule has 5 nitrogen and oxygen atoms in total. The lowest BCUT2D eigenvalue weighted by Crippen LogP contribution is -2.27. The molecule has 0 aliphatic rings. The molecule has 0 aliphatic heterocycles. The highest BCUT2D eigenvalue weighted by Crippen LogP contribution is 2.27. The monoisotopic (exact) mass is 286 g/mol. The van der Waals surface area contributed by atoms with Gasteiger partial charge in [-0.05, 0) is 36.4 Å². The van der Waals surface area contributed by atoms with Crippen molar-refractivity contribution < 1.29 is 14.3 Å². The third kappa shape index (κ3) is 2.91. The van der Waals surface area contributed by atoms with Crippen molar-refractivity contribution >= 4 is 17.3 Å². The summed E-state index contributed by atoms with van der Waals surface area (Å²) in [5, 5.41) is 0. The predicted molar refractivity (Wildman–Crippen MR) is 83.1 cm³/mol. The molecule has 2 rings (SSSR count). The van der Waals surface area contributed by atoms with Gasteiger partial charge in [0.1, 0.15) is 11.5 Å². The van der Waals surface area contributed by atoms with Gasteiger partial charge in [-0.2, -0.15) is 0 Å². The Morgan fingerprint density at radius 2 is 1.71 bits per heavy atom. The van der Waals surface area contributed by atoms with Gasteiger partial charge in [-0.25, -0.2) is 0 Å². The Morgan fingerprint density at radius 1 is 1.05 bits per heavy atom. The van der Waals surface area contributed by atoms with E-state index in [0.717, 1.165) is 11.4 Å². The zero-order valence-electron chi connectivity index (χ0n) is 12.3. The lowest BCUT2D eigenvalue weighted by molar-refractivity contribution is 0.0993. The second kappa shape index (κ2) is 6.17. The second-order valence-electron chi connectivity index (χ2n) is 4.48. The van der Waals surface area contributed by atoms with Gasteiger partial charge in [0.2, 0.25) is 0 Å². The number of nitrogens with zero attached hydrogens (tertiary/aromatic N) is 1. The maximum absolute atomic E-state index is 12.5. The minimum atomic E-state index is -0.198. The van der Waals surface area contributed by atoms with Crippen LogP contribution in [-0.4, -0.2) is 27.2 Å². The molecule has 1 amide bonds. The Hall–Kier alpha value is -2.69. The summed E-state index contributed by atoms with van der Waals surface area (Å²) in [6, 6.07) is 12.4. The van der Waals surface area contributed by atoms with Gasteiger partial charge in [0.25, 0.3) is 5.91 Å². The number of carbonyl (C=O) groups is 1. The van der Waals surface area contributed by atoms with Crippen LogP contribution in [0.25, 0.3) is 0 Å². The lowest BCUT2D eigenvalue weighted by Gasteiger charge is -2.19. The predicted octanol–water partition coefficient (Wildman–Crippen LogP) is 2.56. The van der Waals surface area contributed by atoms with Crippen LogP contribution >= 0.6 is 0 Å². The number of para-hydroxylation sites is 1. The maximum atomic E-state index is 12.5. The first-order valence-corrected chi connectivity index (χ1v) is 6.43. The maximum Gasteiger partial charge on any atom is 0.260 e. The Labute approximate surface area is 123 Å². The van der Waals surface area contributed by atoms with Crippen LogP contribution < -0.4 is 20.1 Å². The van der Waals surface area contributed by atoms with E-state index >= 15 is 0 Å². The topological polar surface area (TPSA) is 64.8 Å². The SMILES string of the molecule is COc1ccc(N(C)C(=O)c2cccc(OC)c2N)cc1. The highest BCUT2D eigenvalue weighted by molar-refractivity contribution is 6.09. The summed E-state index contributed by atoms with van der Waals surface area (Å²) in [6.07, 6.45) is 0. The van der Waals surface area contributed by atoms with Crippen molar-refractivity contribution in [3.63, 3.8) is 0 Å². The van der Waals surface area contributed by atoms with E-state index in [1.165, 1.54) is 12.0 Å². The Bertz CT molecular complexity index is 638. The summed E-state index contributed by atoms with van der Waals surface area (Å²) in [4.78, 5) is 14.1. The van der Waals surface area contributed by atoms with Crippen molar-refractivity contribution in [1.29, 1.82) is 0 Å². The van der Waals surface area contributed by atoms with E-state index in [2.05, 4.69) is 0 Å². The number of nitrogens with two attached hydrogens (primary N) is 1. The van der Waals surface area contributed by atoms with Crippen LogP contribution in [0.5, 0.6) is 11.5 Å². The lowest BCUT2D eigenvalue weighted by atomic mass is 10.1. The molecule has 0 fully saturated rings. The van der Waals surface area contributed by atoms with E-state index in [0.29, 0.717) is 17.0 Å². The van der Waals surface area contributed by atoms with Gasteiger partial charge in [-0.1, -0.05) is 6.07 Å². The summed E-state index contributed by atoms with van der Waals surface area (Å²) in [5.74, 6) is 1.03. The number of rotatable bonds is 4.